The molecule has 0 spiro atoms. The van der Waals surface area contributed by atoms with Crippen LogP contribution < -0.4 is 10.6 Å². The van der Waals surface area contributed by atoms with Crippen LogP contribution in [0.25, 0.3) is 5.69 Å². The number of halogens is 2. The van der Waals surface area contributed by atoms with E-state index in [4.69, 9.17) is 0 Å². The third-order valence-corrected chi connectivity index (χ3v) is 8.11. The fourth-order valence-electron chi connectivity index (χ4n) is 5.32. The van der Waals surface area contributed by atoms with Crippen molar-refractivity contribution in [1.29, 1.82) is 0 Å². The van der Waals surface area contributed by atoms with Gasteiger partial charge in [0.1, 0.15) is 29.7 Å². The molecule has 0 saturated carbocycles. The maximum atomic E-state index is 14.0. The highest BCUT2D eigenvalue weighted by Crippen LogP contribution is 2.27. The van der Waals surface area contributed by atoms with Crippen LogP contribution in [0.4, 0.5) is 8.78 Å². The van der Waals surface area contributed by atoms with Gasteiger partial charge in [-0.05, 0) is 80.6 Å². The smallest absolute Gasteiger partial charge is 0.274 e. The summed E-state index contributed by atoms with van der Waals surface area (Å²) in [6.45, 7) is 8.61. The van der Waals surface area contributed by atoms with Gasteiger partial charge < -0.3 is 25.0 Å². The first-order chi connectivity index (χ1) is 20.9. The first-order valence-corrected chi connectivity index (χ1v) is 15.0. The van der Waals surface area contributed by atoms with Crippen LogP contribution in [-0.2, 0) is 16.0 Å². The van der Waals surface area contributed by atoms with Crippen LogP contribution in [0.1, 0.15) is 56.6 Å². The molecule has 1 aliphatic heterocycles. The minimum absolute atomic E-state index is 0.178. The highest BCUT2D eigenvalue weighted by atomic mass is 19.1. The molecule has 1 fully saturated rings. The minimum Gasteiger partial charge on any atom is -0.342 e. The summed E-state index contributed by atoms with van der Waals surface area (Å²) in [7, 11) is 1.69. The van der Waals surface area contributed by atoms with Crippen molar-refractivity contribution < 1.29 is 23.2 Å². The summed E-state index contributed by atoms with van der Waals surface area (Å²) in [6, 6.07) is 10.6. The van der Waals surface area contributed by atoms with E-state index < -0.39 is 17.5 Å². The number of hydrogen-bond acceptors (Lipinski definition) is 5. The van der Waals surface area contributed by atoms with Crippen LogP contribution in [0, 0.1) is 17.0 Å². The zero-order valence-corrected chi connectivity index (χ0v) is 26.0. The largest absolute Gasteiger partial charge is 0.342 e. The van der Waals surface area contributed by atoms with Gasteiger partial charge in [0.15, 0.2) is 0 Å². The Hall–Kier alpha value is -4.12. The van der Waals surface area contributed by atoms with Gasteiger partial charge in [0.05, 0.1) is 6.04 Å². The van der Waals surface area contributed by atoms with E-state index in [0.29, 0.717) is 31.6 Å². The number of rotatable bonds is 11. The Labute approximate surface area is 257 Å². The predicted octanol–water partition coefficient (Wildman–Crippen LogP) is 3.97. The lowest BCUT2D eigenvalue weighted by molar-refractivity contribution is -0.140. The molecule has 236 valence electrons. The van der Waals surface area contributed by atoms with E-state index in [1.807, 2.05) is 20.8 Å². The average Bonchev–Trinajstić information content (AvgIpc) is 3.68. The van der Waals surface area contributed by atoms with Gasteiger partial charge in [0.2, 0.25) is 11.8 Å². The number of amides is 3. The second-order valence-electron chi connectivity index (χ2n) is 12.4. The Kier molecular flexibility index (Phi) is 10.5. The van der Waals surface area contributed by atoms with E-state index in [2.05, 4.69) is 15.6 Å². The minimum atomic E-state index is -0.749. The number of benzene rings is 2. The molecule has 2 aromatic carbocycles. The summed E-state index contributed by atoms with van der Waals surface area (Å²) >= 11 is 0. The molecule has 0 unspecified atom stereocenters. The number of likely N-dealkylation sites (N-methyl/N-ethyl adjacent to an activating group) is 1. The first-order valence-electron chi connectivity index (χ1n) is 15.0. The zero-order valence-electron chi connectivity index (χ0n) is 26.0. The van der Waals surface area contributed by atoms with Crippen LogP contribution in [-0.4, -0.2) is 81.9 Å². The molecule has 0 radical (unpaired) electrons. The number of nitrogens with one attached hydrogen (secondary N) is 2. The van der Waals surface area contributed by atoms with Crippen molar-refractivity contribution in [2.45, 2.75) is 65.1 Å². The number of hydrogen-bond donors (Lipinski definition) is 2. The number of aromatic nitrogens is 2. The van der Waals surface area contributed by atoms with Gasteiger partial charge in [-0.15, -0.1) is 0 Å². The zero-order chi connectivity index (χ0) is 32.0. The van der Waals surface area contributed by atoms with Crippen LogP contribution in [0.3, 0.4) is 0 Å². The van der Waals surface area contributed by atoms with Crippen molar-refractivity contribution in [2.24, 2.45) is 5.41 Å². The fraction of sp³-hybridized carbons (Fsp3) is 0.455. The third kappa shape index (κ3) is 8.07. The van der Waals surface area contributed by atoms with E-state index in [9.17, 15) is 23.2 Å². The van der Waals surface area contributed by atoms with E-state index in [1.54, 1.807) is 58.8 Å². The molecule has 2 N–H and O–H groups in total. The number of nitrogens with zero attached hydrogens (tertiary/aromatic N) is 4. The van der Waals surface area contributed by atoms with Gasteiger partial charge in [-0.25, -0.2) is 13.8 Å². The molecule has 3 aromatic rings. The topological polar surface area (TPSA) is 99.6 Å². The molecule has 0 bridgehead atoms. The molecule has 2 heterocycles. The van der Waals surface area contributed by atoms with Gasteiger partial charge in [0, 0.05) is 37.6 Å². The molecule has 4 rings (SSSR count). The van der Waals surface area contributed by atoms with Gasteiger partial charge in [-0.2, -0.15) is 0 Å². The van der Waals surface area contributed by atoms with Gasteiger partial charge >= 0.3 is 0 Å². The van der Waals surface area contributed by atoms with Crippen molar-refractivity contribution in [3.05, 3.63) is 83.9 Å². The molecule has 3 amide bonds. The molecule has 44 heavy (non-hydrogen) atoms. The molecule has 3 atom stereocenters. The number of carbonyl (C=O) groups is 3. The van der Waals surface area contributed by atoms with E-state index in [-0.39, 0.29) is 47.6 Å². The molecule has 1 aliphatic rings. The number of imidazole rings is 1. The normalized spacial score (nSPS) is 16.4. The first kappa shape index (κ1) is 32.8. The SMILES string of the molecule is CN[C@@H](C)C(=O)N[C@H](C(=O)N1CCC[C@H]1CN(CCc1ccc(F)cc1)C(=O)c1cn(-c2ccc(F)cc2)cn1)C(C)(C)C. The van der Waals surface area contributed by atoms with Crippen molar-refractivity contribution in [2.75, 3.05) is 26.7 Å². The van der Waals surface area contributed by atoms with E-state index in [0.717, 1.165) is 12.0 Å². The summed E-state index contributed by atoms with van der Waals surface area (Å²) in [6.07, 6.45) is 5.06. The molecule has 1 aromatic heterocycles. The molecule has 0 aliphatic carbocycles. The Morgan fingerprint density at radius 1 is 1.05 bits per heavy atom. The number of carbonyl (C=O) groups excluding carboxylic acids is 3. The molecule has 1 saturated heterocycles. The summed E-state index contributed by atoms with van der Waals surface area (Å²) in [5, 5.41) is 5.85. The van der Waals surface area contributed by atoms with Crippen LogP contribution >= 0.6 is 0 Å². The molecule has 9 nitrogen and oxygen atoms in total. The van der Waals surface area contributed by atoms with Crippen LogP contribution in [0.15, 0.2) is 61.1 Å². The lowest BCUT2D eigenvalue weighted by atomic mass is 9.85. The summed E-state index contributed by atoms with van der Waals surface area (Å²) in [4.78, 5) is 48.5. The standard InChI is InChI=1S/C33H42F2N6O3/c1-22(36-5)30(42)38-29(33(2,3)4)32(44)41-17-6-7-27(41)19-39(18-16-23-8-10-24(34)11-9-23)31(43)28-20-40(21-37-28)26-14-12-25(35)13-15-26/h8-15,20-22,27,29,36H,6-7,16-19H2,1-5H3,(H,38,42)/t22-,27-,29+/m0/s1. The van der Waals surface area contributed by atoms with Crippen molar-refractivity contribution >= 4 is 17.7 Å². The van der Waals surface area contributed by atoms with Crippen molar-refractivity contribution in [3.63, 3.8) is 0 Å². The molecular weight excluding hydrogens is 566 g/mol. The Morgan fingerprint density at radius 2 is 1.68 bits per heavy atom. The third-order valence-electron chi connectivity index (χ3n) is 8.11. The lowest BCUT2D eigenvalue weighted by Crippen LogP contribution is -2.59. The summed E-state index contributed by atoms with van der Waals surface area (Å²) in [5.41, 5.74) is 1.20. The lowest BCUT2D eigenvalue weighted by Gasteiger charge is -2.37. The quantitative estimate of drug-likeness (QED) is 0.343. The second-order valence-corrected chi connectivity index (χ2v) is 12.4. The molecular formula is C33H42F2N6O3. The highest BCUT2D eigenvalue weighted by Gasteiger charge is 2.41. The van der Waals surface area contributed by atoms with Crippen LogP contribution in [0.2, 0.25) is 0 Å². The van der Waals surface area contributed by atoms with Crippen LogP contribution in [0.5, 0.6) is 0 Å². The maximum absolute atomic E-state index is 14.0. The number of likely N-dealkylation sites (tertiary alicyclic amines) is 1. The fourth-order valence-corrected chi connectivity index (χ4v) is 5.32. The Balaban J connectivity index is 1.56. The van der Waals surface area contributed by atoms with E-state index >= 15 is 0 Å². The van der Waals surface area contributed by atoms with Crippen molar-refractivity contribution in [1.82, 2.24) is 30.0 Å². The maximum Gasteiger partial charge on any atom is 0.274 e. The predicted molar refractivity (Wildman–Crippen MR) is 164 cm³/mol. The average molecular weight is 609 g/mol. The Morgan fingerprint density at radius 3 is 2.30 bits per heavy atom. The monoisotopic (exact) mass is 608 g/mol. The van der Waals surface area contributed by atoms with Gasteiger partial charge in [-0.3, -0.25) is 14.4 Å². The summed E-state index contributed by atoms with van der Waals surface area (Å²) in [5.74, 6) is -1.45. The highest BCUT2D eigenvalue weighted by molar-refractivity contribution is 5.93. The molecule has 11 heteroatoms. The van der Waals surface area contributed by atoms with Gasteiger partial charge in [0.25, 0.3) is 5.91 Å². The Bertz CT molecular complexity index is 1430. The summed E-state index contributed by atoms with van der Waals surface area (Å²) < 4.78 is 28.6. The van der Waals surface area contributed by atoms with Crippen molar-refractivity contribution in [3.8, 4) is 5.69 Å². The van der Waals surface area contributed by atoms with Gasteiger partial charge in [-0.1, -0.05) is 32.9 Å². The second kappa shape index (κ2) is 14.1. The van der Waals surface area contributed by atoms with E-state index in [1.165, 1.54) is 30.6 Å².